The van der Waals surface area contributed by atoms with Gasteiger partial charge < -0.3 is 15.5 Å². The number of halogens is 1. The fraction of sp³-hybridized carbons (Fsp3) is 0.250. The summed E-state index contributed by atoms with van der Waals surface area (Å²) >= 11 is 6.10. The fourth-order valence-electron chi connectivity index (χ4n) is 3.21. The number of pyridine rings is 1. The van der Waals surface area contributed by atoms with E-state index in [0.717, 1.165) is 65.7 Å². The van der Waals surface area contributed by atoms with Crippen LogP contribution in [0, 0.1) is 0 Å². The summed E-state index contributed by atoms with van der Waals surface area (Å²) in [5.41, 5.74) is 3.29. The van der Waals surface area contributed by atoms with Gasteiger partial charge in [0.2, 0.25) is 0 Å². The van der Waals surface area contributed by atoms with Gasteiger partial charge in [0, 0.05) is 54.9 Å². The maximum absolute atomic E-state index is 6.10. The zero-order valence-corrected chi connectivity index (χ0v) is 14.8. The highest BCUT2D eigenvalue weighted by atomic mass is 35.5. The van der Waals surface area contributed by atoms with Gasteiger partial charge in [0.15, 0.2) is 0 Å². The molecule has 2 heterocycles. The van der Waals surface area contributed by atoms with E-state index in [4.69, 9.17) is 16.6 Å². The van der Waals surface area contributed by atoms with E-state index in [0.29, 0.717) is 0 Å². The van der Waals surface area contributed by atoms with Crippen LogP contribution in [0.3, 0.4) is 0 Å². The molecule has 0 bridgehead atoms. The molecule has 0 aliphatic carbocycles. The number of anilines is 2. The molecule has 0 atom stereocenters. The van der Waals surface area contributed by atoms with E-state index in [9.17, 15) is 0 Å². The average molecular weight is 353 g/mol. The number of hydrogen-bond acceptors (Lipinski definition) is 4. The Kier molecular flexibility index (Phi) is 4.72. The molecule has 2 N–H and O–H groups in total. The van der Waals surface area contributed by atoms with Crippen molar-refractivity contribution in [2.75, 3.05) is 36.4 Å². The first-order valence-electron chi connectivity index (χ1n) is 8.63. The number of piperazine rings is 1. The van der Waals surface area contributed by atoms with Crippen LogP contribution in [0.1, 0.15) is 5.56 Å². The van der Waals surface area contributed by atoms with Crippen LogP contribution < -0.4 is 15.5 Å². The summed E-state index contributed by atoms with van der Waals surface area (Å²) in [5.74, 6) is 1.04. The molecule has 3 aromatic rings. The predicted molar refractivity (Wildman–Crippen MR) is 106 cm³/mol. The summed E-state index contributed by atoms with van der Waals surface area (Å²) in [6, 6.07) is 18.4. The minimum atomic E-state index is 0.732. The van der Waals surface area contributed by atoms with Crippen molar-refractivity contribution in [3.63, 3.8) is 0 Å². The molecular weight excluding hydrogens is 332 g/mol. The smallest absolute Gasteiger partial charge is 0.131 e. The zero-order chi connectivity index (χ0) is 17.1. The van der Waals surface area contributed by atoms with Crippen LogP contribution in [0.5, 0.6) is 0 Å². The molecule has 0 amide bonds. The molecule has 128 valence electrons. The second-order valence-corrected chi connectivity index (χ2v) is 6.70. The van der Waals surface area contributed by atoms with Crippen molar-refractivity contribution >= 4 is 34.0 Å². The topological polar surface area (TPSA) is 40.2 Å². The maximum atomic E-state index is 6.10. The Bertz CT molecular complexity index is 874. The van der Waals surface area contributed by atoms with E-state index in [2.05, 4.69) is 45.9 Å². The van der Waals surface area contributed by atoms with Gasteiger partial charge in [-0.3, -0.25) is 0 Å². The molecule has 0 spiro atoms. The lowest BCUT2D eigenvalue weighted by Gasteiger charge is -2.29. The lowest BCUT2D eigenvalue weighted by atomic mass is 10.1. The van der Waals surface area contributed by atoms with Crippen LogP contribution in [0.4, 0.5) is 11.5 Å². The van der Waals surface area contributed by atoms with Crippen LogP contribution in [0.15, 0.2) is 54.6 Å². The van der Waals surface area contributed by atoms with Gasteiger partial charge in [-0.2, -0.15) is 0 Å². The highest BCUT2D eigenvalue weighted by Gasteiger charge is 2.14. The normalized spacial score (nSPS) is 14.7. The van der Waals surface area contributed by atoms with Crippen molar-refractivity contribution in [3.8, 4) is 0 Å². The molecule has 0 unspecified atom stereocenters. The van der Waals surface area contributed by atoms with Crippen molar-refractivity contribution in [2.24, 2.45) is 0 Å². The number of benzene rings is 2. The SMILES string of the molecule is Clc1cccc(CNc2cc(N3CCNCC3)nc3ccccc23)c1. The third kappa shape index (κ3) is 3.70. The van der Waals surface area contributed by atoms with Crippen LogP contribution in [-0.4, -0.2) is 31.2 Å². The van der Waals surface area contributed by atoms with Crippen LogP contribution in [-0.2, 0) is 6.54 Å². The summed E-state index contributed by atoms with van der Waals surface area (Å²) in [5, 5.41) is 8.87. The van der Waals surface area contributed by atoms with Crippen LogP contribution in [0.2, 0.25) is 5.02 Å². The van der Waals surface area contributed by atoms with Crippen molar-refractivity contribution in [3.05, 3.63) is 65.2 Å². The van der Waals surface area contributed by atoms with E-state index in [1.54, 1.807) is 0 Å². The van der Waals surface area contributed by atoms with Gasteiger partial charge in [0.1, 0.15) is 5.82 Å². The number of hydrogen-bond donors (Lipinski definition) is 2. The van der Waals surface area contributed by atoms with E-state index in [-0.39, 0.29) is 0 Å². The van der Waals surface area contributed by atoms with Crippen molar-refractivity contribution in [2.45, 2.75) is 6.54 Å². The number of nitrogens with one attached hydrogen (secondary N) is 2. The third-order valence-electron chi connectivity index (χ3n) is 4.52. The molecule has 25 heavy (non-hydrogen) atoms. The van der Waals surface area contributed by atoms with Gasteiger partial charge >= 0.3 is 0 Å². The van der Waals surface area contributed by atoms with Gasteiger partial charge in [-0.1, -0.05) is 41.9 Å². The van der Waals surface area contributed by atoms with Crippen LogP contribution in [0.25, 0.3) is 10.9 Å². The van der Waals surface area contributed by atoms with Gasteiger partial charge in [-0.05, 0) is 23.8 Å². The largest absolute Gasteiger partial charge is 0.380 e. The van der Waals surface area contributed by atoms with Gasteiger partial charge in [0.25, 0.3) is 0 Å². The Morgan fingerprint density at radius 1 is 1.04 bits per heavy atom. The lowest BCUT2D eigenvalue weighted by Crippen LogP contribution is -2.43. The monoisotopic (exact) mass is 352 g/mol. The summed E-state index contributed by atoms with van der Waals surface area (Å²) < 4.78 is 0. The molecule has 0 saturated carbocycles. The highest BCUT2D eigenvalue weighted by molar-refractivity contribution is 6.30. The molecule has 5 heteroatoms. The summed E-state index contributed by atoms with van der Waals surface area (Å²) in [6.07, 6.45) is 0. The van der Waals surface area contributed by atoms with E-state index in [1.807, 2.05) is 24.3 Å². The van der Waals surface area contributed by atoms with E-state index in [1.165, 1.54) is 0 Å². The van der Waals surface area contributed by atoms with Gasteiger partial charge in [-0.15, -0.1) is 0 Å². The Labute approximate surface area is 152 Å². The number of fused-ring (bicyclic) bond motifs is 1. The molecule has 1 saturated heterocycles. The standard InChI is InChI=1S/C20H21ClN4/c21-16-5-3-4-15(12-16)14-23-19-13-20(25-10-8-22-9-11-25)24-18-7-2-1-6-17(18)19/h1-7,12-13,22H,8-11,14H2,(H,23,24). The minimum absolute atomic E-state index is 0.732. The average Bonchev–Trinajstić information content (AvgIpc) is 2.66. The minimum Gasteiger partial charge on any atom is -0.380 e. The summed E-state index contributed by atoms with van der Waals surface area (Å²) in [6.45, 7) is 4.70. The Morgan fingerprint density at radius 3 is 2.72 bits per heavy atom. The Balaban J connectivity index is 1.65. The first-order valence-corrected chi connectivity index (χ1v) is 9.01. The van der Waals surface area contributed by atoms with Crippen molar-refractivity contribution in [1.29, 1.82) is 0 Å². The first-order chi connectivity index (χ1) is 12.3. The molecule has 2 aromatic carbocycles. The first kappa shape index (κ1) is 16.2. The molecule has 1 aromatic heterocycles. The molecule has 1 aliphatic rings. The zero-order valence-electron chi connectivity index (χ0n) is 14.0. The van der Waals surface area contributed by atoms with Crippen molar-refractivity contribution in [1.82, 2.24) is 10.3 Å². The molecule has 1 fully saturated rings. The summed E-state index contributed by atoms with van der Waals surface area (Å²) in [7, 11) is 0. The quantitative estimate of drug-likeness (QED) is 0.747. The number of para-hydroxylation sites is 1. The Hall–Kier alpha value is -2.30. The van der Waals surface area contributed by atoms with E-state index >= 15 is 0 Å². The Morgan fingerprint density at radius 2 is 1.88 bits per heavy atom. The molecular formula is C20H21ClN4. The van der Waals surface area contributed by atoms with Gasteiger partial charge in [0.05, 0.1) is 5.52 Å². The second kappa shape index (κ2) is 7.30. The lowest BCUT2D eigenvalue weighted by molar-refractivity contribution is 0.585. The predicted octanol–water partition coefficient (Wildman–Crippen LogP) is 3.91. The number of aromatic nitrogens is 1. The fourth-order valence-corrected chi connectivity index (χ4v) is 3.42. The molecule has 0 radical (unpaired) electrons. The number of rotatable bonds is 4. The second-order valence-electron chi connectivity index (χ2n) is 6.27. The maximum Gasteiger partial charge on any atom is 0.131 e. The summed E-state index contributed by atoms with van der Waals surface area (Å²) in [4.78, 5) is 7.21. The van der Waals surface area contributed by atoms with Crippen molar-refractivity contribution < 1.29 is 0 Å². The molecule has 1 aliphatic heterocycles. The van der Waals surface area contributed by atoms with E-state index < -0.39 is 0 Å². The van der Waals surface area contributed by atoms with Crippen LogP contribution >= 0.6 is 11.6 Å². The highest BCUT2D eigenvalue weighted by Crippen LogP contribution is 2.28. The number of nitrogens with zero attached hydrogens (tertiary/aromatic N) is 2. The molecule has 4 rings (SSSR count). The van der Waals surface area contributed by atoms with Gasteiger partial charge in [-0.25, -0.2) is 4.98 Å². The molecule has 4 nitrogen and oxygen atoms in total. The third-order valence-corrected chi connectivity index (χ3v) is 4.75.